The van der Waals surface area contributed by atoms with Gasteiger partial charge in [0.15, 0.2) is 0 Å². The molecule has 2 fully saturated rings. The third kappa shape index (κ3) is 0.637. The van der Waals surface area contributed by atoms with Gasteiger partial charge in [0.25, 0.3) is 0 Å². The van der Waals surface area contributed by atoms with Gasteiger partial charge in [0.05, 0.1) is 0 Å². The molecule has 0 saturated heterocycles. The molecule has 3 atom stereocenters. The normalized spacial score (nSPS) is 52.9. The molecule has 1 unspecified atom stereocenters. The topological polar surface area (TPSA) is 0 Å². The van der Waals surface area contributed by atoms with E-state index in [1.807, 2.05) is 0 Å². The van der Waals surface area contributed by atoms with Crippen LogP contribution in [0.5, 0.6) is 0 Å². The van der Waals surface area contributed by atoms with Gasteiger partial charge in [-0.05, 0) is 31.1 Å². The first kappa shape index (κ1) is 5.28. The van der Waals surface area contributed by atoms with E-state index in [-0.39, 0.29) is 0 Å². The summed E-state index contributed by atoms with van der Waals surface area (Å²) in [5.74, 6) is 2.16. The predicted octanol–water partition coefficient (Wildman–Crippen LogP) is 2.57. The Balaban J connectivity index is 2.11. The number of rotatable bonds is 0. The molecule has 1 heteroatoms. The Labute approximate surface area is 58.8 Å². The van der Waals surface area contributed by atoms with E-state index in [0.29, 0.717) is 0 Å². The van der Waals surface area contributed by atoms with Gasteiger partial charge >= 0.3 is 0 Å². The molecule has 46 valence electrons. The molecule has 0 aliphatic heterocycles. The molecule has 2 aliphatic carbocycles. The van der Waals surface area contributed by atoms with Gasteiger partial charge in [0, 0.05) is 4.83 Å². The van der Waals surface area contributed by atoms with Gasteiger partial charge in [-0.2, -0.15) is 0 Å². The van der Waals surface area contributed by atoms with Gasteiger partial charge in [0.2, 0.25) is 0 Å². The molecule has 0 spiro atoms. The summed E-state index contributed by atoms with van der Waals surface area (Å²) in [4.78, 5) is 0.890. The summed E-state index contributed by atoms with van der Waals surface area (Å²) in [5, 5.41) is 0. The largest absolute Gasteiger partial charge is 0.0888 e. The Morgan fingerprint density at radius 1 is 1.12 bits per heavy atom. The van der Waals surface area contributed by atoms with Crippen LogP contribution in [0.2, 0.25) is 0 Å². The highest BCUT2D eigenvalue weighted by atomic mass is 79.9. The lowest BCUT2D eigenvalue weighted by molar-refractivity contribution is 0.497. The molecule has 2 aliphatic rings. The van der Waals surface area contributed by atoms with Crippen LogP contribution < -0.4 is 0 Å². The van der Waals surface area contributed by atoms with Crippen LogP contribution in [-0.2, 0) is 0 Å². The zero-order valence-corrected chi connectivity index (χ0v) is 6.52. The summed E-state index contributed by atoms with van der Waals surface area (Å²) in [6.07, 6.45) is 6.01. The second-order valence-corrected chi connectivity index (χ2v) is 4.37. The van der Waals surface area contributed by atoms with Crippen molar-refractivity contribution in [2.75, 3.05) is 0 Å². The zero-order chi connectivity index (χ0) is 5.56. The maximum Gasteiger partial charge on any atom is 0.0176 e. The molecule has 2 saturated carbocycles. The quantitative estimate of drug-likeness (QED) is 0.496. The molecule has 0 aromatic carbocycles. The first-order valence-electron chi connectivity index (χ1n) is 3.50. The van der Waals surface area contributed by atoms with E-state index in [4.69, 9.17) is 0 Å². The fraction of sp³-hybridized carbons (Fsp3) is 1.00. The lowest BCUT2D eigenvalue weighted by Gasteiger charge is -2.13. The predicted molar refractivity (Wildman–Crippen MR) is 38.2 cm³/mol. The molecule has 2 bridgehead atoms. The van der Waals surface area contributed by atoms with Crippen LogP contribution in [0.1, 0.15) is 25.7 Å². The van der Waals surface area contributed by atoms with Crippen molar-refractivity contribution in [1.29, 1.82) is 0 Å². The van der Waals surface area contributed by atoms with Crippen LogP contribution in [0.3, 0.4) is 0 Å². The SMILES string of the molecule is BrC1C[C@H]2CC[C@@H]1C2. The average molecular weight is 175 g/mol. The minimum atomic E-state index is 0.890. The number of hydrogen-bond acceptors (Lipinski definition) is 0. The molecule has 0 amide bonds. The lowest BCUT2D eigenvalue weighted by Crippen LogP contribution is -2.07. The van der Waals surface area contributed by atoms with E-state index in [1.54, 1.807) is 0 Å². The molecule has 0 N–H and O–H groups in total. The summed E-state index contributed by atoms with van der Waals surface area (Å²) in [7, 11) is 0. The highest BCUT2D eigenvalue weighted by Gasteiger charge is 2.37. The fourth-order valence-electron chi connectivity index (χ4n) is 2.17. The Bertz CT molecular complexity index is 98.6. The van der Waals surface area contributed by atoms with E-state index >= 15 is 0 Å². The van der Waals surface area contributed by atoms with Crippen molar-refractivity contribution in [2.24, 2.45) is 11.8 Å². The van der Waals surface area contributed by atoms with Gasteiger partial charge in [-0.3, -0.25) is 0 Å². The molecule has 0 heterocycles. The second-order valence-electron chi connectivity index (χ2n) is 3.19. The lowest BCUT2D eigenvalue weighted by atomic mass is 10.0. The number of fused-ring (bicyclic) bond motifs is 2. The maximum atomic E-state index is 3.70. The summed E-state index contributed by atoms with van der Waals surface area (Å²) < 4.78 is 0. The van der Waals surface area contributed by atoms with Crippen molar-refractivity contribution in [3.63, 3.8) is 0 Å². The van der Waals surface area contributed by atoms with E-state index in [2.05, 4.69) is 15.9 Å². The molecule has 0 aromatic heterocycles. The maximum absolute atomic E-state index is 3.70. The average Bonchev–Trinajstić information content (AvgIpc) is 2.23. The summed E-state index contributed by atoms with van der Waals surface area (Å²) in [6.45, 7) is 0. The highest BCUT2D eigenvalue weighted by molar-refractivity contribution is 9.09. The van der Waals surface area contributed by atoms with Gasteiger partial charge in [-0.15, -0.1) is 0 Å². The number of alkyl halides is 1. The van der Waals surface area contributed by atoms with Gasteiger partial charge in [-0.1, -0.05) is 22.4 Å². The van der Waals surface area contributed by atoms with Crippen molar-refractivity contribution in [2.45, 2.75) is 30.5 Å². The van der Waals surface area contributed by atoms with Crippen molar-refractivity contribution < 1.29 is 0 Å². The molecular weight excluding hydrogens is 164 g/mol. The molecule has 2 rings (SSSR count). The van der Waals surface area contributed by atoms with Crippen molar-refractivity contribution >= 4 is 15.9 Å². The fourth-order valence-corrected chi connectivity index (χ4v) is 3.18. The highest BCUT2D eigenvalue weighted by Crippen LogP contribution is 2.47. The van der Waals surface area contributed by atoms with Crippen LogP contribution >= 0.6 is 15.9 Å². The first-order valence-corrected chi connectivity index (χ1v) is 4.42. The van der Waals surface area contributed by atoms with Crippen molar-refractivity contribution in [1.82, 2.24) is 0 Å². The summed E-state index contributed by atoms with van der Waals surface area (Å²) in [6, 6.07) is 0. The van der Waals surface area contributed by atoms with Gasteiger partial charge in [0.1, 0.15) is 0 Å². The Morgan fingerprint density at radius 3 is 2.25 bits per heavy atom. The Morgan fingerprint density at radius 2 is 2.00 bits per heavy atom. The third-order valence-corrected chi connectivity index (χ3v) is 3.77. The second kappa shape index (κ2) is 1.73. The molecule has 8 heavy (non-hydrogen) atoms. The zero-order valence-electron chi connectivity index (χ0n) is 4.94. The number of hydrogen-bond donors (Lipinski definition) is 0. The standard InChI is InChI=1S/C7H11Br/c8-7-4-5-1-2-6(7)3-5/h5-7H,1-4H2/t5-,6+,7?/m0/s1. The first-order chi connectivity index (χ1) is 3.86. The summed E-state index contributed by atoms with van der Waals surface area (Å²) in [5.41, 5.74) is 0. The number of halogens is 1. The van der Waals surface area contributed by atoms with Gasteiger partial charge in [-0.25, -0.2) is 0 Å². The van der Waals surface area contributed by atoms with E-state index in [0.717, 1.165) is 16.7 Å². The minimum Gasteiger partial charge on any atom is -0.0888 e. The molecular formula is C7H11Br. The Kier molecular flexibility index (Phi) is 1.14. The monoisotopic (exact) mass is 174 g/mol. The van der Waals surface area contributed by atoms with E-state index < -0.39 is 0 Å². The van der Waals surface area contributed by atoms with Crippen molar-refractivity contribution in [3.8, 4) is 0 Å². The van der Waals surface area contributed by atoms with Crippen LogP contribution in [-0.4, -0.2) is 4.83 Å². The Hall–Kier alpha value is 0.480. The van der Waals surface area contributed by atoms with E-state index in [1.165, 1.54) is 25.7 Å². The van der Waals surface area contributed by atoms with Crippen molar-refractivity contribution in [3.05, 3.63) is 0 Å². The molecule has 0 radical (unpaired) electrons. The van der Waals surface area contributed by atoms with E-state index in [9.17, 15) is 0 Å². The minimum absolute atomic E-state index is 0.890. The van der Waals surface area contributed by atoms with Gasteiger partial charge < -0.3 is 0 Å². The third-order valence-electron chi connectivity index (χ3n) is 2.65. The van der Waals surface area contributed by atoms with Crippen LogP contribution in [0.15, 0.2) is 0 Å². The molecule has 0 aromatic rings. The van der Waals surface area contributed by atoms with Crippen LogP contribution in [0, 0.1) is 11.8 Å². The smallest absolute Gasteiger partial charge is 0.0176 e. The van der Waals surface area contributed by atoms with Crippen LogP contribution in [0.25, 0.3) is 0 Å². The molecule has 0 nitrogen and oxygen atoms in total. The summed E-state index contributed by atoms with van der Waals surface area (Å²) >= 11 is 3.70. The van der Waals surface area contributed by atoms with Crippen LogP contribution in [0.4, 0.5) is 0 Å².